The number of nitrogens with zero attached hydrogens (tertiary/aromatic N) is 3. The van der Waals surface area contributed by atoms with Crippen molar-refractivity contribution >= 4 is 0 Å². The van der Waals surface area contributed by atoms with Gasteiger partial charge in [-0.3, -0.25) is 4.90 Å². The molecule has 0 unspecified atom stereocenters. The summed E-state index contributed by atoms with van der Waals surface area (Å²) in [7, 11) is 1.63. The number of piperidine rings is 1. The highest BCUT2D eigenvalue weighted by Gasteiger charge is 2.20. The molecule has 1 aliphatic heterocycles. The van der Waals surface area contributed by atoms with Crippen molar-refractivity contribution in [3.63, 3.8) is 0 Å². The molecule has 1 aliphatic rings. The van der Waals surface area contributed by atoms with Crippen LogP contribution in [0.2, 0.25) is 0 Å². The van der Waals surface area contributed by atoms with E-state index < -0.39 is 11.6 Å². The molecule has 4 nitrogen and oxygen atoms in total. The third-order valence-electron chi connectivity index (χ3n) is 4.88. The fraction of sp³-hybridized carbons (Fsp3) is 0.500. The van der Waals surface area contributed by atoms with E-state index in [1.165, 1.54) is 6.07 Å². The fourth-order valence-corrected chi connectivity index (χ4v) is 3.54. The van der Waals surface area contributed by atoms with E-state index in [2.05, 4.69) is 14.9 Å². The Morgan fingerprint density at radius 1 is 1.23 bits per heavy atom. The molecule has 0 bridgehead atoms. The van der Waals surface area contributed by atoms with Crippen molar-refractivity contribution in [2.75, 3.05) is 20.2 Å². The van der Waals surface area contributed by atoms with Crippen molar-refractivity contribution < 1.29 is 13.5 Å². The van der Waals surface area contributed by atoms with Gasteiger partial charge in [-0.2, -0.15) is 0 Å². The van der Waals surface area contributed by atoms with E-state index in [1.807, 2.05) is 12.4 Å². The van der Waals surface area contributed by atoms with Gasteiger partial charge in [-0.1, -0.05) is 6.07 Å². The first-order valence-corrected chi connectivity index (χ1v) is 9.09. The van der Waals surface area contributed by atoms with Crippen molar-refractivity contribution in [3.8, 4) is 0 Å². The molecule has 140 valence electrons. The Morgan fingerprint density at radius 3 is 2.77 bits per heavy atom. The van der Waals surface area contributed by atoms with E-state index >= 15 is 0 Å². The van der Waals surface area contributed by atoms with E-state index in [9.17, 15) is 8.78 Å². The summed E-state index contributed by atoms with van der Waals surface area (Å²) in [5.74, 6) is 0.260. The fourth-order valence-electron chi connectivity index (χ4n) is 3.54. The molecule has 0 amide bonds. The normalized spacial score (nSPS) is 18.2. The maximum atomic E-state index is 13.8. The van der Waals surface area contributed by atoms with E-state index in [0.29, 0.717) is 30.3 Å². The van der Waals surface area contributed by atoms with Gasteiger partial charge in [-0.15, -0.1) is 0 Å². The number of likely N-dealkylation sites (tertiary alicyclic amines) is 1. The zero-order valence-corrected chi connectivity index (χ0v) is 15.1. The summed E-state index contributed by atoms with van der Waals surface area (Å²) < 4.78 is 31.8. The van der Waals surface area contributed by atoms with Gasteiger partial charge in [0.2, 0.25) is 0 Å². The van der Waals surface area contributed by atoms with Gasteiger partial charge in [0.05, 0.1) is 0 Å². The lowest BCUT2D eigenvalue weighted by atomic mass is 9.91. The smallest absolute Gasteiger partial charge is 0.153 e. The predicted molar refractivity (Wildman–Crippen MR) is 95.4 cm³/mol. The van der Waals surface area contributed by atoms with Crippen LogP contribution in [0.25, 0.3) is 0 Å². The number of benzene rings is 1. The number of hydrogen-bond donors (Lipinski definition) is 0. The van der Waals surface area contributed by atoms with Crippen molar-refractivity contribution in [1.29, 1.82) is 0 Å². The third-order valence-corrected chi connectivity index (χ3v) is 4.88. The van der Waals surface area contributed by atoms with Crippen LogP contribution in [0.5, 0.6) is 0 Å². The van der Waals surface area contributed by atoms with E-state index in [-0.39, 0.29) is 0 Å². The highest BCUT2D eigenvalue weighted by molar-refractivity contribution is 5.18. The third kappa shape index (κ3) is 5.29. The largest absolute Gasteiger partial charge is 0.377 e. The van der Waals surface area contributed by atoms with Crippen LogP contribution in [0.1, 0.15) is 36.2 Å². The summed E-state index contributed by atoms with van der Waals surface area (Å²) >= 11 is 0. The second-order valence-corrected chi connectivity index (χ2v) is 6.96. The summed E-state index contributed by atoms with van der Waals surface area (Å²) in [6.45, 7) is 3.30. The SMILES string of the molecule is COCc1ncc(CN2CCC[C@@H](CCc3ccc(F)cc3F)C2)cn1. The summed E-state index contributed by atoms with van der Waals surface area (Å²) in [5, 5.41) is 0. The lowest BCUT2D eigenvalue weighted by Crippen LogP contribution is -2.35. The first-order chi connectivity index (χ1) is 12.6. The maximum Gasteiger partial charge on any atom is 0.153 e. The van der Waals surface area contributed by atoms with E-state index in [1.54, 1.807) is 13.2 Å². The van der Waals surface area contributed by atoms with E-state index in [4.69, 9.17) is 4.74 Å². The number of aromatic nitrogens is 2. The quantitative estimate of drug-likeness (QED) is 0.753. The van der Waals surface area contributed by atoms with Gasteiger partial charge >= 0.3 is 0 Å². The van der Waals surface area contributed by atoms with Crippen LogP contribution in [0.15, 0.2) is 30.6 Å². The summed E-state index contributed by atoms with van der Waals surface area (Å²) in [6.07, 6.45) is 7.58. The van der Waals surface area contributed by atoms with Gasteiger partial charge in [0.15, 0.2) is 5.82 Å². The molecule has 1 aromatic heterocycles. The molecule has 2 aromatic rings. The standard InChI is InChI=1S/C20H25F2N3O/c1-26-14-20-23-10-16(11-24-20)13-25-8-2-3-15(12-25)4-5-17-6-7-18(21)9-19(17)22/h6-7,9-11,15H,2-5,8,12-14H2,1H3/t15-/m0/s1. The number of hydrogen-bond acceptors (Lipinski definition) is 4. The van der Waals surface area contributed by atoms with Crippen LogP contribution in [0.3, 0.4) is 0 Å². The van der Waals surface area contributed by atoms with Crippen LogP contribution in [0, 0.1) is 17.6 Å². The first kappa shape index (κ1) is 18.9. The number of rotatable bonds is 7. The maximum absolute atomic E-state index is 13.8. The second-order valence-electron chi connectivity index (χ2n) is 6.96. The Kier molecular flexibility index (Phi) is 6.63. The van der Waals surface area contributed by atoms with E-state index in [0.717, 1.165) is 50.5 Å². The highest BCUT2D eigenvalue weighted by Crippen LogP contribution is 2.23. The summed E-state index contributed by atoms with van der Waals surface area (Å²) in [5.41, 5.74) is 1.70. The minimum atomic E-state index is -0.520. The van der Waals surface area contributed by atoms with Crippen LogP contribution < -0.4 is 0 Å². The average Bonchev–Trinajstić information content (AvgIpc) is 2.63. The minimum Gasteiger partial charge on any atom is -0.377 e. The van der Waals surface area contributed by atoms with Crippen molar-refractivity contribution in [2.24, 2.45) is 5.92 Å². The minimum absolute atomic E-state index is 0.423. The van der Waals surface area contributed by atoms with Crippen LogP contribution in [-0.4, -0.2) is 35.1 Å². The molecular weight excluding hydrogens is 336 g/mol. The lowest BCUT2D eigenvalue weighted by molar-refractivity contribution is 0.161. The zero-order chi connectivity index (χ0) is 18.4. The molecule has 0 aliphatic carbocycles. The number of halogens is 2. The lowest BCUT2D eigenvalue weighted by Gasteiger charge is -2.32. The summed E-state index contributed by atoms with van der Waals surface area (Å²) in [6, 6.07) is 3.86. The number of aryl methyl sites for hydroxylation is 1. The molecule has 6 heteroatoms. The molecule has 26 heavy (non-hydrogen) atoms. The highest BCUT2D eigenvalue weighted by atomic mass is 19.1. The molecule has 1 saturated heterocycles. The molecule has 0 N–H and O–H groups in total. The molecule has 0 spiro atoms. The van der Waals surface area contributed by atoms with Crippen LogP contribution >= 0.6 is 0 Å². The molecule has 1 atom stereocenters. The molecule has 1 aromatic carbocycles. The van der Waals surface area contributed by atoms with Gasteiger partial charge in [0.1, 0.15) is 18.2 Å². The number of methoxy groups -OCH3 is 1. The van der Waals surface area contributed by atoms with Gasteiger partial charge in [-0.25, -0.2) is 18.7 Å². The molecule has 3 rings (SSSR count). The topological polar surface area (TPSA) is 38.2 Å². The molecule has 2 heterocycles. The second kappa shape index (κ2) is 9.14. The zero-order valence-electron chi connectivity index (χ0n) is 15.1. The van der Waals surface area contributed by atoms with Crippen molar-refractivity contribution in [1.82, 2.24) is 14.9 Å². The van der Waals surface area contributed by atoms with Gasteiger partial charge < -0.3 is 4.74 Å². The molecule has 0 saturated carbocycles. The Hall–Kier alpha value is -1.92. The van der Waals surface area contributed by atoms with Gasteiger partial charge in [0.25, 0.3) is 0 Å². The van der Waals surface area contributed by atoms with Gasteiger partial charge in [0, 0.05) is 44.2 Å². The van der Waals surface area contributed by atoms with Gasteiger partial charge in [-0.05, 0) is 49.8 Å². The van der Waals surface area contributed by atoms with Crippen molar-refractivity contribution in [2.45, 2.75) is 38.8 Å². The predicted octanol–water partition coefficient (Wildman–Crippen LogP) is 3.75. The van der Waals surface area contributed by atoms with Crippen molar-refractivity contribution in [3.05, 3.63) is 59.2 Å². The number of ether oxygens (including phenoxy) is 1. The van der Waals surface area contributed by atoms with Crippen LogP contribution in [0.4, 0.5) is 8.78 Å². The molecule has 1 fully saturated rings. The Morgan fingerprint density at radius 2 is 2.04 bits per heavy atom. The Bertz CT molecular complexity index is 709. The average molecular weight is 361 g/mol. The Labute approximate surface area is 153 Å². The molecule has 0 radical (unpaired) electrons. The monoisotopic (exact) mass is 361 g/mol. The summed E-state index contributed by atoms with van der Waals surface area (Å²) in [4.78, 5) is 11.0. The van der Waals surface area contributed by atoms with Crippen LogP contribution in [-0.2, 0) is 24.3 Å². The molecular formula is C20H25F2N3O. The first-order valence-electron chi connectivity index (χ1n) is 9.09. The Balaban J connectivity index is 1.50.